The van der Waals surface area contributed by atoms with Gasteiger partial charge >= 0.3 is 0 Å². The molecule has 6 heteroatoms. The third kappa shape index (κ3) is 4.70. The van der Waals surface area contributed by atoms with Gasteiger partial charge in [0.25, 0.3) is 5.91 Å². The molecule has 0 atom stereocenters. The van der Waals surface area contributed by atoms with E-state index >= 15 is 0 Å². The molecule has 3 aromatic rings. The van der Waals surface area contributed by atoms with Crippen LogP contribution in [0.3, 0.4) is 0 Å². The van der Waals surface area contributed by atoms with Crippen molar-refractivity contribution in [1.82, 2.24) is 0 Å². The largest absolute Gasteiger partial charge is 0.490 e. The van der Waals surface area contributed by atoms with Crippen molar-refractivity contribution < 1.29 is 19.0 Å². The van der Waals surface area contributed by atoms with E-state index in [2.05, 4.69) is 11.4 Å². The van der Waals surface area contributed by atoms with Gasteiger partial charge in [0.1, 0.15) is 5.75 Å². The number of amides is 1. The lowest BCUT2D eigenvalue weighted by Gasteiger charge is -2.11. The number of benzene rings is 3. The first-order valence-corrected chi connectivity index (χ1v) is 9.64. The zero-order chi connectivity index (χ0) is 20.8. The van der Waals surface area contributed by atoms with E-state index in [0.29, 0.717) is 41.7 Å². The van der Waals surface area contributed by atoms with Crippen molar-refractivity contribution in [1.29, 1.82) is 5.26 Å². The van der Waals surface area contributed by atoms with Gasteiger partial charge in [-0.3, -0.25) is 4.79 Å². The summed E-state index contributed by atoms with van der Waals surface area (Å²) in [6.45, 7) is 1.10. The number of carbonyl (C=O) groups excluding carboxylic acids is 1. The van der Waals surface area contributed by atoms with Crippen LogP contribution < -0.4 is 19.5 Å². The molecule has 0 radical (unpaired) electrons. The van der Waals surface area contributed by atoms with Crippen molar-refractivity contribution >= 4 is 11.6 Å². The molecule has 0 spiro atoms. The summed E-state index contributed by atoms with van der Waals surface area (Å²) in [5, 5.41) is 11.7. The number of carbonyl (C=O) groups is 1. The third-order valence-corrected chi connectivity index (χ3v) is 4.60. The molecule has 1 N–H and O–H groups in total. The maximum atomic E-state index is 12.2. The number of nitriles is 1. The Kier molecular flexibility index (Phi) is 5.81. The summed E-state index contributed by atoms with van der Waals surface area (Å²) < 4.78 is 16.8. The highest BCUT2D eigenvalue weighted by Gasteiger charge is 2.12. The number of ether oxygens (including phenoxy) is 3. The second kappa shape index (κ2) is 9.01. The van der Waals surface area contributed by atoms with Crippen LogP contribution in [0.1, 0.15) is 12.0 Å². The van der Waals surface area contributed by atoms with Crippen LogP contribution in [0.4, 0.5) is 5.69 Å². The molecule has 0 saturated heterocycles. The zero-order valence-corrected chi connectivity index (χ0v) is 16.3. The Balaban J connectivity index is 1.32. The highest BCUT2D eigenvalue weighted by Crippen LogP contribution is 2.32. The second-order valence-electron chi connectivity index (χ2n) is 6.76. The molecule has 1 heterocycles. The average Bonchev–Trinajstić information content (AvgIpc) is 3.03. The molecule has 4 rings (SSSR count). The molecule has 1 aliphatic rings. The highest BCUT2D eigenvalue weighted by molar-refractivity contribution is 5.92. The van der Waals surface area contributed by atoms with Gasteiger partial charge in [-0.25, -0.2) is 0 Å². The van der Waals surface area contributed by atoms with Gasteiger partial charge in [0.15, 0.2) is 18.1 Å². The SMILES string of the molecule is N#Cc1ccc(-c2ccc(OCC(=O)Nc3ccc4c(c3)OCCCO4)cc2)cc1. The molecular formula is C24H20N2O4. The van der Waals surface area contributed by atoms with E-state index < -0.39 is 0 Å². The standard InChI is InChI=1S/C24H20N2O4/c25-15-17-2-4-18(5-3-17)19-6-9-21(10-7-19)30-16-24(27)26-20-8-11-22-23(14-20)29-13-1-12-28-22/h2-11,14H,1,12-13,16H2,(H,26,27). The summed E-state index contributed by atoms with van der Waals surface area (Å²) in [5.74, 6) is 1.65. The number of hydrogen-bond donors (Lipinski definition) is 1. The Morgan fingerprint density at radius 1 is 0.933 bits per heavy atom. The first-order valence-electron chi connectivity index (χ1n) is 9.64. The maximum Gasteiger partial charge on any atom is 0.262 e. The smallest absolute Gasteiger partial charge is 0.262 e. The van der Waals surface area contributed by atoms with Gasteiger partial charge in [0.2, 0.25) is 0 Å². The van der Waals surface area contributed by atoms with Crippen molar-refractivity contribution in [2.24, 2.45) is 0 Å². The maximum absolute atomic E-state index is 12.2. The van der Waals surface area contributed by atoms with E-state index in [1.807, 2.05) is 36.4 Å². The molecule has 0 aliphatic carbocycles. The number of rotatable bonds is 5. The van der Waals surface area contributed by atoms with Gasteiger partial charge in [-0.1, -0.05) is 24.3 Å². The van der Waals surface area contributed by atoms with Gasteiger partial charge in [0.05, 0.1) is 24.8 Å². The van der Waals surface area contributed by atoms with E-state index in [9.17, 15) is 4.79 Å². The van der Waals surface area contributed by atoms with Crippen LogP contribution in [0.25, 0.3) is 11.1 Å². The van der Waals surface area contributed by atoms with Crippen LogP contribution in [0.15, 0.2) is 66.7 Å². The number of nitrogens with one attached hydrogen (secondary N) is 1. The number of nitrogens with zero attached hydrogens (tertiary/aromatic N) is 1. The molecule has 3 aromatic carbocycles. The van der Waals surface area contributed by atoms with Crippen LogP contribution in [0, 0.1) is 11.3 Å². The van der Waals surface area contributed by atoms with Crippen LogP contribution >= 0.6 is 0 Å². The Hall–Kier alpha value is -3.98. The fourth-order valence-corrected chi connectivity index (χ4v) is 3.07. The van der Waals surface area contributed by atoms with Crippen LogP contribution in [0.5, 0.6) is 17.2 Å². The van der Waals surface area contributed by atoms with Crippen LogP contribution in [-0.4, -0.2) is 25.7 Å². The molecule has 0 unspecified atom stereocenters. The molecule has 30 heavy (non-hydrogen) atoms. The summed E-state index contributed by atoms with van der Waals surface area (Å²) in [7, 11) is 0. The average molecular weight is 400 g/mol. The number of hydrogen-bond acceptors (Lipinski definition) is 5. The molecule has 1 amide bonds. The normalized spacial score (nSPS) is 12.4. The monoisotopic (exact) mass is 400 g/mol. The Morgan fingerprint density at radius 2 is 1.60 bits per heavy atom. The van der Waals surface area contributed by atoms with Gasteiger partial charge in [-0.15, -0.1) is 0 Å². The fraction of sp³-hybridized carbons (Fsp3) is 0.167. The molecule has 0 fully saturated rings. The van der Waals surface area contributed by atoms with Gasteiger partial charge < -0.3 is 19.5 Å². The van der Waals surface area contributed by atoms with Gasteiger partial charge in [-0.05, 0) is 47.5 Å². The molecule has 150 valence electrons. The predicted octanol–water partition coefficient (Wildman–Crippen LogP) is 4.40. The van der Waals surface area contributed by atoms with E-state index in [1.54, 1.807) is 30.3 Å². The molecule has 6 nitrogen and oxygen atoms in total. The predicted molar refractivity (Wildman–Crippen MR) is 113 cm³/mol. The Bertz CT molecular complexity index is 1070. The quantitative estimate of drug-likeness (QED) is 0.686. The summed E-state index contributed by atoms with van der Waals surface area (Å²) in [5.41, 5.74) is 3.26. The van der Waals surface area contributed by atoms with Crippen LogP contribution in [0.2, 0.25) is 0 Å². The molecule has 1 aliphatic heterocycles. The van der Waals surface area contributed by atoms with Crippen LogP contribution in [-0.2, 0) is 4.79 Å². The topological polar surface area (TPSA) is 80.6 Å². The fourth-order valence-electron chi connectivity index (χ4n) is 3.07. The first kappa shape index (κ1) is 19.3. The minimum Gasteiger partial charge on any atom is -0.490 e. The van der Waals surface area contributed by atoms with Crippen molar-refractivity contribution in [3.63, 3.8) is 0 Å². The van der Waals surface area contributed by atoms with Crippen molar-refractivity contribution in [3.8, 4) is 34.4 Å². The van der Waals surface area contributed by atoms with Gasteiger partial charge in [-0.2, -0.15) is 5.26 Å². The van der Waals surface area contributed by atoms with E-state index in [-0.39, 0.29) is 12.5 Å². The van der Waals surface area contributed by atoms with Crippen molar-refractivity contribution in [2.75, 3.05) is 25.1 Å². The molecule has 0 bridgehead atoms. The number of fused-ring (bicyclic) bond motifs is 1. The lowest BCUT2D eigenvalue weighted by Crippen LogP contribution is -2.20. The molecule has 0 aromatic heterocycles. The van der Waals surface area contributed by atoms with Crippen molar-refractivity contribution in [3.05, 3.63) is 72.3 Å². The van der Waals surface area contributed by atoms with Gasteiger partial charge in [0, 0.05) is 18.2 Å². The first-order chi connectivity index (χ1) is 14.7. The number of anilines is 1. The lowest BCUT2D eigenvalue weighted by atomic mass is 10.0. The Labute approximate surface area is 174 Å². The summed E-state index contributed by atoms with van der Waals surface area (Å²) >= 11 is 0. The van der Waals surface area contributed by atoms with E-state index in [1.165, 1.54) is 0 Å². The van der Waals surface area contributed by atoms with E-state index in [4.69, 9.17) is 19.5 Å². The highest BCUT2D eigenvalue weighted by atomic mass is 16.5. The summed E-state index contributed by atoms with van der Waals surface area (Å²) in [6.07, 6.45) is 0.828. The van der Waals surface area contributed by atoms with Crippen molar-refractivity contribution in [2.45, 2.75) is 6.42 Å². The molecule has 0 saturated carbocycles. The lowest BCUT2D eigenvalue weighted by molar-refractivity contribution is -0.118. The zero-order valence-electron chi connectivity index (χ0n) is 16.3. The minimum atomic E-state index is -0.263. The summed E-state index contributed by atoms with van der Waals surface area (Å²) in [6, 6.07) is 22.2. The molecular weight excluding hydrogens is 380 g/mol. The Morgan fingerprint density at radius 3 is 2.30 bits per heavy atom. The second-order valence-corrected chi connectivity index (χ2v) is 6.76. The van der Waals surface area contributed by atoms with E-state index in [0.717, 1.165) is 17.5 Å². The summed E-state index contributed by atoms with van der Waals surface area (Å²) in [4.78, 5) is 12.2. The third-order valence-electron chi connectivity index (χ3n) is 4.60. The minimum absolute atomic E-state index is 0.106.